The van der Waals surface area contributed by atoms with Gasteiger partial charge in [-0.15, -0.1) is 0 Å². The molecular formula is C8H8FNO2. The van der Waals surface area contributed by atoms with Gasteiger partial charge in [0.2, 0.25) is 5.88 Å². The van der Waals surface area contributed by atoms with Gasteiger partial charge in [-0.3, -0.25) is 4.79 Å². The minimum atomic E-state index is -0.521. The van der Waals surface area contributed by atoms with E-state index in [1.165, 1.54) is 14.0 Å². The number of carbonyl (C=O) groups is 1. The van der Waals surface area contributed by atoms with Gasteiger partial charge in [0.25, 0.3) is 0 Å². The van der Waals surface area contributed by atoms with Gasteiger partial charge in [-0.25, -0.2) is 9.37 Å². The first kappa shape index (κ1) is 8.64. The summed E-state index contributed by atoms with van der Waals surface area (Å²) in [7, 11) is 1.37. The summed E-state index contributed by atoms with van der Waals surface area (Å²) in [5.74, 6) is -0.694. The Morgan fingerprint density at radius 3 is 2.75 bits per heavy atom. The molecule has 0 radical (unpaired) electrons. The van der Waals surface area contributed by atoms with E-state index in [2.05, 4.69) is 9.72 Å². The summed E-state index contributed by atoms with van der Waals surface area (Å²) in [6.45, 7) is 1.32. The number of hydrogen-bond donors (Lipinski definition) is 0. The largest absolute Gasteiger partial charge is 0.481 e. The van der Waals surface area contributed by atoms with Crippen molar-refractivity contribution in [1.29, 1.82) is 0 Å². The smallest absolute Gasteiger partial charge is 0.216 e. The third-order valence-electron chi connectivity index (χ3n) is 1.34. The molecule has 1 heterocycles. The Morgan fingerprint density at radius 2 is 2.25 bits per heavy atom. The molecule has 0 aromatic carbocycles. The average Bonchev–Trinajstić information content (AvgIpc) is 2.03. The van der Waals surface area contributed by atoms with Crippen LogP contribution in [0.3, 0.4) is 0 Å². The second-order valence-electron chi connectivity index (χ2n) is 2.27. The number of carbonyl (C=O) groups excluding carboxylic acids is 1. The van der Waals surface area contributed by atoms with Crippen LogP contribution < -0.4 is 4.74 Å². The predicted octanol–water partition coefficient (Wildman–Crippen LogP) is 1.43. The molecule has 0 fully saturated rings. The predicted molar refractivity (Wildman–Crippen MR) is 40.8 cm³/mol. The van der Waals surface area contributed by atoms with Crippen LogP contribution in [0.1, 0.15) is 17.4 Å². The molecule has 0 saturated carbocycles. The van der Waals surface area contributed by atoms with Gasteiger partial charge in [0.05, 0.1) is 7.11 Å². The van der Waals surface area contributed by atoms with Crippen LogP contribution in [0.2, 0.25) is 0 Å². The fourth-order valence-electron chi connectivity index (χ4n) is 0.758. The maximum absolute atomic E-state index is 12.7. The SMILES string of the molecule is COc1cc(F)cc(C(C)=O)n1. The number of ether oxygens (including phenoxy) is 1. The van der Waals surface area contributed by atoms with E-state index < -0.39 is 5.82 Å². The summed E-state index contributed by atoms with van der Waals surface area (Å²) in [6.07, 6.45) is 0. The number of nitrogens with zero attached hydrogens (tertiary/aromatic N) is 1. The van der Waals surface area contributed by atoms with Crippen LogP contribution >= 0.6 is 0 Å². The number of rotatable bonds is 2. The van der Waals surface area contributed by atoms with Gasteiger partial charge in [0.15, 0.2) is 5.78 Å². The van der Waals surface area contributed by atoms with Crippen molar-refractivity contribution in [1.82, 2.24) is 4.98 Å². The Labute approximate surface area is 69.2 Å². The minimum Gasteiger partial charge on any atom is -0.481 e. The Morgan fingerprint density at radius 1 is 1.58 bits per heavy atom. The maximum atomic E-state index is 12.7. The Kier molecular flexibility index (Phi) is 2.38. The van der Waals surface area contributed by atoms with E-state index in [1.54, 1.807) is 0 Å². The average molecular weight is 169 g/mol. The first-order valence-corrected chi connectivity index (χ1v) is 3.36. The summed E-state index contributed by atoms with van der Waals surface area (Å²) in [5, 5.41) is 0. The van der Waals surface area contributed by atoms with E-state index in [9.17, 15) is 9.18 Å². The molecule has 0 amide bonds. The first-order chi connectivity index (χ1) is 5.63. The third-order valence-corrected chi connectivity index (χ3v) is 1.34. The lowest BCUT2D eigenvalue weighted by molar-refractivity contribution is 0.101. The zero-order valence-electron chi connectivity index (χ0n) is 6.80. The quantitative estimate of drug-likeness (QED) is 0.628. The van der Waals surface area contributed by atoms with Crippen molar-refractivity contribution in [3.8, 4) is 5.88 Å². The van der Waals surface area contributed by atoms with E-state index >= 15 is 0 Å². The van der Waals surface area contributed by atoms with Crippen molar-refractivity contribution < 1.29 is 13.9 Å². The normalized spacial score (nSPS) is 9.58. The number of pyridine rings is 1. The highest BCUT2D eigenvalue weighted by Crippen LogP contribution is 2.10. The van der Waals surface area contributed by atoms with E-state index in [0.717, 1.165) is 12.1 Å². The van der Waals surface area contributed by atoms with Crippen LogP contribution in [0.4, 0.5) is 4.39 Å². The fraction of sp³-hybridized carbons (Fsp3) is 0.250. The highest BCUT2D eigenvalue weighted by molar-refractivity contribution is 5.92. The number of ketones is 1. The lowest BCUT2D eigenvalue weighted by Gasteiger charge is -2.00. The highest BCUT2D eigenvalue weighted by Gasteiger charge is 2.05. The zero-order valence-corrected chi connectivity index (χ0v) is 6.80. The molecule has 0 aliphatic heterocycles. The molecule has 0 atom stereocenters. The van der Waals surface area contributed by atoms with Crippen LogP contribution in [0, 0.1) is 5.82 Å². The molecule has 1 aromatic rings. The van der Waals surface area contributed by atoms with E-state index in [4.69, 9.17) is 0 Å². The Balaban J connectivity index is 3.15. The molecule has 0 unspecified atom stereocenters. The zero-order chi connectivity index (χ0) is 9.14. The second-order valence-corrected chi connectivity index (χ2v) is 2.27. The summed E-state index contributed by atoms with van der Waals surface area (Å²) >= 11 is 0. The van der Waals surface area contributed by atoms with Crippen molar-refractivity contribution in [3.63, 3.8) is 0 Å². The van der Waals surface area contributed by atoms with Crippen molar-refractivity contribution in [3.05, 3.63) is 23.6 Å². The molecule has 4 heteroatoms. The minimum absolute atomic E-state index is 0.0758. The standard InChI is InChI=1S/C8H8FNO2/c1-5(11)7-3-6(9)4-8(10-7)12-2/h3-4H,1-2H3. The van der Waals surface area contributed by atoms with Gasteiger partial charge >= 0.3 is 0 Å². The number of aromatic nitrogens is 1. The van der Waals surface area contributed by atoms with Crippen molar-refractivity contribution >= 4 is 5.78 Å². The van der Waals surface area contributed by atoms with Gasteiger partial charge in [-0.2, -0.15) is 0 Å². The molecule has 0 aliphatic carbocycles. The molecule has 0 aliphatic rings. The molecule has 12 heavy (non-hydrogen) atoms. The molecule has 3 nitrogen and oxygen atoms in total. The van der Waals surface area contributed by atoms with Crippen molar-refractivity contribution in [2.75, 3.05) is 7.11 Å². The van der Waals surface area contributed by atoms with E-state index in [0.29, 0.717) is 0 Å². The molecule has 64 valence electrons. The summed E-state index contributed by atoms with van der Waals surface area (Å²) < 4.78 is 17.4. The van der Waals surface area contributed by atoms with E-state index in [-0.39, 0.29) is 17.4 Å². The summed E-state index contributed by atoms with van der Waals surface area (Å²) in [4.78, 5) is 14.5. The first-order valence-electron chi connectivity index (χ1n) is 3.36. The Bertz CT molecular complexity index is 312. The van der Waals surface area contributed by atoms with Crippen molar-refractivity contribution in [2.24, 2.45) is 0 Å². The van der Waals surface area contributed by atoms with Gasteiger partial charge in [0, 0.05) is 19.1 Å². The van der Waals surface area contributed by atoms with Gasteiger partial charge in [0.1, 0.15) is 11.5 Å². The number of Topliss-reactive ketones (excluding diaryl/α,β-unsaturated/α-hetero) is 1. The van der Waals surface area contributed by atoms with Gasteiger partial charge < -0.3 is 4.74 Å². The van der Waals surface area contributed by atoms with Crippen LogP contribution in [0.15, 0.2) is 12.1 Å². The van der Waals surface area contributed by atoms with Crippen LogP contribution in [-0.2, 0) is 0 Å². The molecule has 0 spiro atoms. The molecule has 0 bridgehead atoms. The monoisotopic (exact) mass is 169 g/mol. The molecule has 0 N–H and O–H groups in total. The second kappa shape index (κ2) is 3.30. The maximum Gasteiger partial charge on any atom is 0.216 e. The van der Waals surface area contributed by atoms with E-state index in [1.807, 2.05) is 0 Å². The molecule has 1 rings (SSSR count). The molecule has 1 aromatic heterocycles. The van der Waals surface area contributed by atoms with Crippen LogP contribution in [-0.4, -0.2) is 17.9 Å². The Hall–Kier alpha value is -1.45. The number of halogens is 1. The summed E-state index contributed by atoms with van der Waals surface area (Å²) in [6, 6.07) is 2.19. The lowest BCUT2D eigenvalue weighted by atomic mass is 10.3. The van der Waals surface area contributed by atoms with Gasteiger partial charge in [-0.1, -0.05) is 0 Å². The third kappa shape index (κ3) is 1.78. The molecular weight excluding hydrogens is 161 g/mol. The number of methoxy groups -OCH3 is 1. The molecule has 0 saturated heterocycles. The topological polar surface area (TPSA) is 39.2 Å². The van der Waals surface area contributed by atoms with Crippen molar-refractivity contribution in [2.45, 2.75) is 6.92 Å². The lowest BCUT2D eigenvalue weighted by Crippen LogP contribution is -1.99. The van der Waals surface area contributed by atoms with Crippen LogP contribution in [0.5, 0.6) is 5.88 Å². The highest BCUT2D eigenvalue weighted by atomic mass is 19.1. The summed E-state index contributed by atoms with van der Waals surface area (Å²) in [5.41, 5.74) is 0.0758. The van der Waals surface area contributed by atoms with Crippen LogP contribution in [0.25, 0.3) is 0 Å². The number of hydrogen-bond acceptors (Lipinski definition) is 3. The van der Waals surface area contributed by atoms with Gasteiger partial charge in [-0.05, 0) is 0 Å². The fourth-order valence-corrected chi connectivity index (χ4v) is 0.758.